The molecule has 1 aliphatic rings. The first-order valence-electron chi connectivity index (χ1n) is 10.3. The van der Waals surface area contributed by atoms with Crippen molar-refractivity contribution in [1.29, 1.82) is 0 Å². The Morgan fingerprint density at radius 3 is 2.43 bits per heavy atom. The van der Waals surface area contributed by atoms with E-state index in [0.717, 1.165) is 32.0 Å². The number of nitrogens with zero attached hydrogens (tertiary/aromatic N) is 2. The molecule has 1 heterocycles. The average Bonchev–Trinajstić information content (AvgIpc) is 3.09. The van der Waals surface area contributed by atoms with E-state index in [1.807, 2.05) is 40.7 Å². The van der Waals surface area contributed by atoms with E-state index in [9.17, 15) is 4.79 Å². The first-order chi connectivity index (χ1) is 13.6. The van der Waals surface area contributed by atoms with Crippen LogP contribution in [-0.4, -0.2) is 56.4 Å². The van der Waals surface area contributed by atoms with Gasteiger partial charge in [-0.1, -0.05) is 18.2 Å². The molecule has 1 aromatic carbocycles. The largest absolute Gasteiger partial charge is 0.444 e. The van der Waals surface area contributed by atoms with Crippen molar-refractivity contribution in [3.05, 3.63) is 30.3 Å². The molecule has 0 bridgehead atoms. The molecule has 2 rings (SSSR count). The molecule has 1 amide bonds. The van der Waals surface area contributed by atoms with Crippen LogP contribution in [0.3, 0.4) is 0 Å². The maximum absolute atomic E-state index is 12.0. The Balaban J connectivity index is 0.00000450. The summed E-state index contributed by atoms with van der Waals surface area (Å²) in [5.41, 5.74) is 0.296. The fraction of sp³-hybridized carbons (Fsp3) is 0.636. The van der Waals surface area contributed by atoms with Crippen LogP contribution in [0.4, 0.5) is 10.5 Å². The Morgan fingerprint density at radius 2 is 1.83 bits per heavy atom. The molecule has 1 fully saturated rings. The predicted molar refractivity (Wildman–Crippen MR) is 135 cm³/mol. The molecule has 1 unspecified atom stereocenters. The number of carbonyl (C=O) groups excluding carboxylic acids is 1. The van der Waals surface area contributed by atoms with Gasteiger partial charge in [-0.25, -0.2) is 4.79 Å². The highest BCUT2D eigenvalue weighted by atomic mass is 127. The van der Waals surface area contributed by atoms with Crippen molar-refractivity contribution in [2.45, 2.75) is 52.2 Å². The summed E-state index contributed by atoms with van der Waals surface area (Å²) in [6.45, 7) is 13.0. The van der Waals surface area contributed by atoms with Crippen LogP contribution < -0.4 is 20.9 Å². The molecule has 0 spiro atoms. The molecule has 0 aliphatic carbocycles. The highest BCUT2D eigenvalue weighted by molar-refractivity contribution is 14.0. The lowest BCUT2D eigenvalue weighted by Gasteiger charge is -2.29. The van der Waals surface area contributed by atoms with Gasteiger partial charge in [0.2, 0.25) is 0 Å². The standard InChI is InChI=1S/C22H37N5O2.HI/c1-21(2,3)29-20(28)26-22(4,5)16-25-19(23-6)24-14-17-12-13-27(15-17)18-10-8-7-9-11-18;/h7-11,17H,12-16H2,1-6H3,(H,26,28)(H2,23,24,25);1H. The average molecular weight is 531 g/mol. The zero-order valence-electron chi connectivity index (χ0n) is 19.1. The van der Waals surface area contributed by atoms with Crippen LogP contribution >= 0.6 is 24.0 Å². The van der Waals surface area contributed by atoms with Crippen LogP contribution in [0.5, 0.6) is 0 Å². The summed E-state index contributed by atoms with van der Waals surface area (Å²) in [6.07, 6.45) is 0.740. The van der Waals surface area contributed by atoms with Crippen molar-refractivity contribution in [3.63, 3.8) is 0 Å². The smallest absolute Gasteiger partial charge is 0.408 e. The van der Waals surface area contributed by atoms with E-state index in [-0.39, 0.29) is 24.0 Å². The van der Waals surface area contributed by atoms with E-state index in [0.29, 0.717) is 12.5 Å². The summed E-state index contributed by atoms with van der Waals surface area (Å²) >= 11 is 0. The quantitative estimate of drug-likeness (QED) is 0.297. The summed E-state index contributed by atoms with van der Waals surface area (Å²) < 4.78 is 5.34. The number of benzene rings is 1. The number of carbonyl (C=O) groups is 1. The lowest BCUT2D eigenvalue weighted by Crippen LogP contribution is -2.54. The normalized spacial score (nSPS) is 17.2. The lowest BCUT2D eigenvalue weighted by atomic mass is 10.1. The first kappa shape index (κ1) is 26.3. The SMILES string of the molecule is CN=C(NCC1CCN(c2ccccc2)C1)NCC(C)(C)NC(=O)OC(C)(C)C.I. The van der Waals surface area contributed by atoms with Crippen LogP contribution in [0.15, 0.2) is 35.3 Å². The number of alkyl carbamates (subject to hydrolysis) is 1. The molecule has 0 saturated carbocycles. The molecular weight excluding hydrogens is 493 g/mol. The number of nitrogens with one attached hydrogen (secondary N) is 3. The van der Waals surface area contributed by atoms with Gasteiger partial charge in [0.1, 0.15) is 5.60 Å². The molecule has 0 radical (unpaired) electrons. The maximum atomic E-state index is 12.0. The second-order valence-corrected chi connectivity index (χ2v) is 9.25. The fourth-order valence-corrected chi connectivity index (χ4v) is 3.26. The minimum absolute atomic E-state index is 0. The van der Waals surface area contributed by atoms with Gasteiger partial charge in [-0.2, -0.15) is 0 Å². The van der Waals surface area contributed by atoms with Crippen molar-refractivity contribution in [2.75, 3.05) is 38.1 Å². The Hall–Kier alpha value is -1.71. The van der Waals surface area contributed by atoms with E-state index in [4.69, 9.17) is 4.74 Å². The van der Waals surface area contributed by atoms with Gasteiger partial charge < -0.3 is 25.6 Å². The van der Waals surface area contributed by atoms with E-state index in [1.54, 1.807) is 7.05 Å². The zero-order chi connectivity index (χ0) is 21.5. The monoisotopic (exact) mass is 531 g/mol. The van der Waals surface area contributed by atoms with E-state index in [1.165, 1.54) is 5.69 Å². The Bertz CT molecular complexity index is 689. The van der Waals surface area contributed by atoms with Crippen LogP contribution in [0.2, 0.25) is 0 Å². The van der Waals surface area contributed by atoms with Gasteiger partial charge >= 0.3 is 6.09 Å². The second-order valence-electron chi connectivity index (χ2n) is 9.25. The van der Waals surface area contributed by atoms with Gasteiger partial charge in [0, 0.05) is 38.9 Å². The second kappa shape index (κ2) is 11.6. The molecule has 0 aromatic heterocycles. The number of hydrogen-bond acceptors (Lipinski definition) is 4. The molecule has 7 nitrogen and oxygen atoms in total. The number of aliphatic imine (C=N–C) groups is 1. The molecule has 3 N–H and O–H groups in total. The van der Waals surface area contributed by atoms with Gasteiger partial charge in [0.25, 0.3) is 0 Å². The van der Waals surface area contributed by atoms with E-state index < -0.39 is 17.2 Å². The molecule has 1 saturated heterocycles. The minimum atomic E-state index is -0.514. The fourth-order valence-electron chi connectivity index (χ4n) is 3.26. The van der Waals surface area contributed by atoms with Gasteiger partial charge in [0.05, 0.1) is 5.54 Å². The zero-order valence-corrected chi connectivity index (χ0v) is 21.4. The molecule has 1 atom stereocenters. The summed E-state index contributed by atoms with van der Waals surface area (Å²) in [4.78, 5) is 18.8. The molecule has 1 aromatic rings. The number of guanidine groups is 1. The summed E-state index contributed by atoms with van der Waals surface area (Å²) in [5.74, 6) is 1.31. The molecule has 1 aliphatic heterocycles. The highest BCUT2D eigenvalue weighted by Crippen LogP contribution is 2.22. The Labute approximate surface area is 198 Å². The van der Waals surface area contributed by atoms with Gasteiger partial charge in [-0.15, -0.1) is 24.0 Å². The topological polar surface area (TPSA) is 78.0 Å². The third kappa shape index (κ3) is 9.40. The summed E-state index contributed by atoms with van der Waals surface area (Å²) in [7, 11) is 1.76. The van der Waals surface area contributed by atoms with E-state index in [2.05, 4.69) is 50.1 Å². The number of anilines is 1. The van der Waals surface area contributed by atoms with Crippen molar-refractivity contribution < 1.29 is 9.53 Å². The van der Waals surface area contributed by atoms with Crippen LogP contribution in [0.25, 0.3) is 0 Å². The van der Waals surface area contributed by atoms with Crippen molar-refractivity contribution in [1.82, 2.24) is 16.0 Å². The number of amides is 1. The summed E-state index contributed by atoms with van der Waals surface area (Å²) in [5, 5.41) is 9.62. The summed E-state index contributed by atoms with van der Waals surface area (Å²) in [6, 6.07) is 10.5. The van der Waals surface area contributed by atoms with Gasteiger partial charge in [0.15, 0.2) is 5.96 Å². The lowest BCUT2D eigenvalue weighted by molar-refractivity contribution is 0.0474. The van der Waals surface area contributed by atoms with Crippen LogP contribution in [-0.2, 0) is 4.74 Å². The van der Waals surface area contributed by atoms with E-state index >= 15 is 0 Å². The van der Waals surface area contributed by atoms with Crippen LogP contribution in [0.1, 0.15) is 41.0 Å². The number of rotatable bonds is 6. The number of para-hydroxylation sites is 1. The van der Waals surface area contributed by atoms with Gasteiger partial charge in [-0.05, 0) is 59.1 Å². The van der Waals surface area contributed by atoms with Crippen molar-refractivity contribution in [2.24, 2.45) is 10.9 Å². The maximum Gasteiger partial charge on any atom is 0.408 e. The van der Waals surface area contributed by atoms with Crippen molar-refractivity contribution >= 4 is 41.7 Å². The van der Waals surface area contributed by atoms with Crippen LogP contribution in [0, 0.1) is 5.92 Å². The third-order valence-corrected chi connectivity index (χ3v) is 4.73. The number of halogens is 1. The molecular formula is C22H38IN5O2. The van der Waals surface area contributed by atoms with Gasteiger partial charge in [-0.3, -0.25) is 4.99 Å². The first-order valence-corrected chi connectivity index (χ1v) is 10.3. The Kier molecular flexibility index (Phi) is 10.2. The minimum Gasteiger partial charge on any atom is -0.444 e. The number of hydrogen-bond donors (Lipinski definition) is 3. The molecule has 170 valence electrons. The Morgan fingerprint density at radius 1 is 1.17 bits per heavy atom. The molecule has 30 heavy (non-hydrogen) atoms. The van der Waals surface area contributed by atoms with Crippen molar-refractivity contribution in [3.8, 4) is 0 Å². The molecule has 8 heteroatoms. The predicted octanol–water partition coefficient (Wildman–Crippen LogP) is 3.60. The third-order valence-electron chi connectivity index (χ3n) is 4.73. The highest BCUT2D eigenvalue weighted by Gasteiger charge is 2.26. The number of ether oxygens (including phenoxy) is 1.